The minimum atomic E-state index is 0.466. The molecule has 2 nitrogen and oxygen atoms in total. The van der Waals surface area contributed by atoms with Crippen LogP contribution in [0.2, 0.25) is 0 Å². The Kier molecular flexibility index (Phi) is 3.48. The van der Waals surface area contributed by atoms with E-state index in [1.807, 2.05) is 0 Å². The van der Waals surface area contributed by atoms with Crippen molar-refractivity contribution < 1.29 is 0 Å². The molecular weight excluding hydrogens is 304 g/mol. The lowest BCUT2D eigenvalue weighted by Crippen LogP contribution is -2.22. The van der Waals surface area contributed by atoms with Crippen LogP contribution in [0.5, 0.6) is 0 Å². The van der Waals surface area contributed by atoms with Gasteiger partial charge < -0.3 is 10.6 Å². The standard InChI is InChI=1S/C23H22N2/c1-2-8-16(9-3-1)23(19-14-24-21-12-6-4-10-17(19)21)20-15-25-22-13-7-5-11-18(20)22/h1-13,19-20,23-25H,14-15H2. The zero-order valence-electron chi connectivity index (χ0n) is 14.2. The quantitative estimate of drug-likeness (QED) is 0.692. The van der Waals surface area contributed by atoms with Gasteiger partial charge in [0, 0.05) is 42.2 Å². The van der Waals surface area contributed by atoms with E-state index in [2.05, 4.69) is 89.5 Å². The van der Waals surface area contributed by atoms with Gasteiger partial charge in [-0.25, -0.2) is 0 Å². The van der Waals surface area contributed by atoms with Crippen molar-refractivity contribution in [1.29, 1.82) is 0 Å². The molecule has 0 saturated heterocycles. The molecule has 0 saturated carbocycles. The van der Waals surface area contributed by atoms with E-state index in [0.717, 1.165) is 13.1 Å². The molecule has 2 atom stereocenters. The summed E-state index contributed by atoms with van der Waals surface area (Å²) in [7, 11) is 0. The number of nitrogens with one attached hydrogen (secondary N) is 2. The van der Waals surface area contributed by atoms with Gasteiger partial charge in [0.05, 0.1) is 0 Å². The number of anilines is 2. The predicted molar refractivity (Wildman–Crippen MR) is 105 cm³/mol. The summed E-state index contributed by atoms with van der Waals surface area (Å²) in [5.41, 5.74) is 6.95. The first kappa shape index (κ1) is 14.6. The molecule has 0 spiro atoms. The summed E-state index contributed by atoms with van der Waals surface area (Å²) in [5.74, 6) is 1.46. The maximum Gasteiger partial charge on any atom is 0.0376 e. The van der Waals surface area contributed by atoms with Gasteiger partial charge in [-0.1, -0.05) is 66.7 Å². The number of hydrogen-bond donors (Lipinski definition) is 2. The van der Waals surface area contributed by atoms with Gasteiger partial charge in [0.1, 0.15) is 0 Å². The Bertz CT molecular complexity index is 832. The molecule has 124 valence electrons. The Hall–Kier alpha value is -2.74. The van der Waals surface area contributed by atoms with Crippen LogP contribution in [-0.4, -0.2) is 13.1 Å². The fourth-order valence-electron chi connectivity index (χ4n) is 4.68. The van der Waals surface area contributed by atoms with Crippen molar-refractivity contribution in [3.05, 3.63) is 95.6 Å². The van der Waals surface area contributed by atoms with Gasteiger partial charge in [-0.05, 0) is 28.8 Å². The minimum Gasteiger partial charge on any atom is -0.384 e. The molecule has 2 heteroatoms. The Balaban J connectivity index is 1.62. The summed E-state index contributed by atoms with van der Waals surface area (Å²) >= 11 is 0. The van der Waals surface area contributed by atoms with E-state index in [9.17, 15) is 0 Å². The Labute approximate surface area is 148 Å². The molecule has 2 aliphatic rings. The molecule has 3 aromatic carbocycles. The third-order valence-electron chi connectivity index (χ3n) is 5.80. The van der Waals surface area contributed by atoms with Gasteiger partial charge in [0.25, 0.3) is 0 Å². The number of para-hydroxylation sites is 2. The van der Waals surface area contributed by atoms with E-state index in [-0.39, 0.29) is 0 Å². The van der Waals surface area contributed by atoms with Gasteiger partial charge >= 0.3 is 0 Å². The highest BCUT2D eigenvalue weighted by atomic mass is 14.9. The maximum atomic E-state index is 3.63. The fourth-order valence-corrected chi connectivity index (χ4v) is 4.68. The summed E-state index contributed by atoms with van der Waals surface area (Å²) < 4.78 is 0. The van der Waals surface area contributed by atoms with Crippen molar-refractivity contribution in [2.24, 2.45) is 0 Å². The van der Waals surface area contributed by atoms with Crippen LogP contribution >= 0.6 is 0 Å². The van der Waals surface area contributed by atoms with Gasteiger partial charge in [0.2, 0.25) is 0 Å². The predicted octanol–water partition coefficient (Wildman–Crippen LogP) is 5.19. The van der Waals surface area contributed by atoms with Gasteiger partial charge in [0.15, 0.2) is 0 Å². The summed E-state index contributed by atoms with van der Waals surface area (Å²) in [6.07, 6.45) is 0. The number of benzene rings is 3. The molecule has 2 unspecified atom stereocenters. The van der Waals surface area contributed by atoms with Gasteiger partial charge in [-0.15, -0.1) is 0 Å². The van der Waals surface area contributed by atoms with Gasteiger partial charge in [-0.3, -0.25) is 0 Å². The molecule has 0 amide bonds. The average molecular weight is 326 g/mol. The normalized spacial score (nSPS) is 21.8. The Morgan fingerprint density at radius 3 is 1.64 bits per heavy atom. The van der Waals surface area contributed by atoms with Crippen molar-refractivity contribution >= 4 is 11.4 Å². The van der Waals surface area contributed by atoms with E-state index in [1.165, 1.54) is 28.1 Å². The third-order valence-corrected chi connectivity index (χ3v) is 5.80. The first-order valence-corrected chi connectivity index (χ1v) is 9.12. The second-order valence-corrected chi connectivity index (χ2v) is 7.09. The lowest BCUT2D eigenvalue weighted by molar-refractivity contribution is 0.495. The van der Waals surface area contributed by atoms with Crippen LogP contribution in [0.15, 0.2) is 78.9 Å². The molecule has 2 N–H and O–H groups in total. The molecule has 2 heterocycles. The maximum absolute atomic E-state index is 3.63. The Morgan fingerprint density at radius 1 is 0.600 bits per heavy atom. The molecule has 0 aliphatic carbocycles. The lowest BCUT2D eigenvalue weighted by Gasteiger charge is -2.30. The number of rotatable bonds is 3. The van der Waals surface area contributed by atoms with E-state index < -0.39 is 0 Å². The first-order chi connectivity index (χ1) is 12.4. The zero-order valence-corrected chi connectivity index (χ0v) is 14.2. The van der Waals surface area contributed by atoms with Crippen LogP contribution < -0.4 is 10.6 Å². The molecule has 0 fully saturated rings. The highest BCUT2D eigenvalue weighted by molar-refractivity contribution is 5.62. The topological polar surface area (TPSA) is 24.1 Å². The van der Waals surface area contributed by atoms with E-state index in [0.29, 0.717) is 17.8 Å². The van der Waals surface area contributed by atoms with Crippen LogP contribution in [0.4, 0.5) is 11.4 Å². The largest absolute Gasteiger partial charge is 0.384 e. The van der Waals surface area contributed by atoms with Crippen molar-refractivity contribution in [2.45, 2.75) is 17.8 Å². The molecule has 5 rings (SSSR count). The van der Waals surface area contributed by atoms with Crippen molar-refractivity contribution in [2.75, 3.05) is 23.7 Å². The molecule has 0 aromatic heterocycles. The summed E-state index contributed by atoms with van der Waals surface area (Å²) in [6.45, 7) is 2.02. The zero-order chi connectivity index (χ0) is 16.6. The van der Waals surface area contributed by atoms with E-state index in [1.54, 1.807) is 0 Å². The molecule has 2 aliphatic heterocycles. The van der Waals surface area contributed by atoms with Crippen molar-refractivity contribution in [3.8, 4) is 0 Å². The average Bonchev–Trinajstić information content (AvgIpc) is 3.29. The minimum absolute atomic E-state index is 0.466. The number of hydrogen-bond acceptors (Lipinski definition) is 2. The van der Waals surface area contributed by atoms with Gasteiger partial charge in [-0.2, -0.15) is 0 Å². The van der Waals surface area contributed by atoms with Crippen molar-refractivity contribution in [3.63, 3.8) is 0 Å². The third kappa shape index (κ3) is 2.41. The van der Waals surface area contributed by atoms with Crippen LogP contribution in [0.1, 0.15) is 34.4 Å². The summed E-state index contributed by atoms with van der Waals surface area (Å²) in [4.78, 5) is 0. The molecule has 0 radical (unpaired) electrons. The van der Waals surface area contributed by atoms with Crippen LogP contribution in [0.3, 0.4) is 0 Å². The summed E-state index contributed by atoms with van der Waals surface area (Å²) in [6, 6.07) is 28.6. The second kappa shape index (κ2) is 5.96. The smallest absolute Gasteiger partial charge is 0.0376 e. The monoisotopic (exact) mass is 326 g/mol. The first-order valence-electron chi connectivity index (χ1n) is 9.12. The van der Waals surface area contributed by atoms with Crippen LogP contribution in [-0.2, 0) is 0 Å². The van der Waals surface area contributed by atoms with Crippen LogP contribution in [0.25, 0.3) is 0 Å². The Morgan fingerprint density at radius 2 is 1.08 bits per heavy atom. The molecular formula is C23H22N2. The van der Waals surface area contributed by atoms with E-state index in [4.69, 9.17) is 0 Å². The summed E-state index contributed by atoms with van der Waals surface area (Å²) in [5, 5.41) is 7.25. The second-order valence-electron chi connectivity index (χ2n) is 7.09. The molecule has 25 heavy (non-hydrogen) atoms. The highest BCUT2D eigenvalue weighted by Gasteiger charge is 2.39. The van der Waals surface area contributed by atoms with Crippen LogP contribution in [0, 0.1) is 0 Å². The fraction of sp³-hybridized carbons (Fsp3) is 0.217. The lowest BCUT2D eigenvalue weighted by atomic mass is 9.73. The van der Waals surface area contributed by atoms with Crippen molar-refractivity contribution in [1.82, 2.24) is 0 Å². The number of fused-ring (bicyclic) bond motifs is 2. The molecule has 3 aromatic rings. The van der Waals surface area contributed by atoms with E-state index >= 15 is 0 Å². The SMILES string of the molecule is c1ccc(C(C2CNc3ccccc32)C2CNc3ccccc32)cc1. The highest BCUT2D eigenvalue weighted by Crippen LogP contribution is 2.50. The molecule has 0 bridgehead atoms.